The van der Waals surface area contributed by atoms with Crippen LogP contribution in [0.4, 0.5) is 11.4 Å². The number of aromatic nitrogens is 2. The van der Waals surface area contributed by atoms with Gasteiger partial charge >= 0.3 is 0 Å². The van der Waals surface area contributed by atoms with Crippen LogP contribution in [0.2, 0.25) is 0 Å². The quantitative estimate of drug-likeness (QED) is 0.00806. The van der Waals surface area contributed by atoms with Crippen LogP contribution < -0.4 is 23.8 Å². The molecule has 5 fully saturated rings. The fraction of sp³-hybridized carbons (Fsp3) is 0.546. The van der Waals surface area contributed by atoms with Crippen molar-refractivity contribution >= 4 is 138 Å². The van der Waals surface area contributed by atoms with Crippen LogP contribution in [-0.4, -0.2) is 205 Å². The molecule has 8 aromatic rings. The van der Waals surface area contributed by atoms with Crippen LogP contribution in [0, 0.1) is 6.92 Å². The molecule has 35 heteroatoms. The minimum Gasteiger partial charge on any atom is -0.508 e. The van der Waals surface area contributed by atoms with Gasteiger partial charge in [-0.1, -0.05) is 251 Å². The molecule has 5 heterocycles. The molecule has 25 nitrogen and oxygen atoms in total. The van der Waals surface area contributed by atoms with Crippen LogP contribution in [0.25, 0.3) is 11.4 Å². The van der Waals surface area contributed by atoms with Gasteiger partial charge in [-0.25, -0.2) is 55.5 Å². The number of nitrogens with one attached hydrogen (secondary N) is 4. The number of rotatable bonds is 48. The Morgan fingerprint density at radius 1 is 0.399 bits per heavy atom. The molecule has 7 aromatic carbocycles. The number of H-pyrrole nitrogens is 1. The summed E-state index contributed by atoms with van der Waals surface area (Å²) in [4.78, 5) is 57.4. The van der Waals surface area contributed by atoms with Crippen molar-refractivity contribution < 1.29 is 74.8 Å². The van der Waals surface area contributed by atoms with Crippen molar-refractivity contribution in [2.24, 2.45) is 0 Å². The molecule has 1 aliphatic carbocycles. The summed E-state index contributed by atoms with van der Waals surface area (Å²) in [6.07, 6.45) is 38.8. The maximum Gasteiger partial charge on any atom is 0.253 e. The van der Waals surface area contributed by atoms with Crippen LogP contribution in [0.5, 0.6) is 5.75 Å². The molecule has 0 spiro atoms. The molecule has 0 unspecified atom stereocenters. The average molecular weight is 2170 g/mol. The van der Waals surface area contributed by atoms with E-state index < -0.39 is 60.1 Å². The Kier molecular flexibility index (Phi) is 58.3. The van der Waals surface area contributed by atoms with Gasteiger partial charge in [0, 0.05) is 62.5 Å². The second kappa shape index (κ2) is 67.0. The van der Waals surface area contributed by atoms with Crippen molar-refractivity contribution in [2.75, 3.05) is 118 Å². The number of unbranched alkanes of at least 4 members (excludes halogenated alkanes) is 16. The van der Waals surface area contributed by atoms with Crippen LogP contribution in [0.3, 0.4) is 0 Å². The lowest BCUT2D eigenvalue weighted by molar-refractivity contribution is 0.0954. The standard InChI is InChI=1S/C20H29OS.2C14H24N2O4S2.C14H32N2O4S2.C12H14O2S.2C12H15OS.C10H10N2/c1-20(2,22-14-6-7-15-22)19(21)18-12-10-17(11-13-18)16-8-4-3-5-9-16;2*1-2-3-4-5-6-7-12-21(17,18)16-22(19,20)14-10-8-13(15)9-11-14;1-4-5-6-7-8-10-13-21(17,18)15-22(19,20)14-11-9-12-16(2)3;13-11-5-3-10(4-6-11)12(14)9-15-7-1-2-8-15;2*13-12(10-14-8-4-5-9-14)11-6-2-1-3-7-11;1-8-2-4-9(5-3-8)10-11-6-7-12-10/h10-13,16H,3-9,14-15H2,1-2H3;2*8-11,16H,2-7,12,15H2,1H3;15H,4-14H2,1-3H3;3-6H,1-2,7-9H2;2*1-3,6-7H,4-5,8-10H2;2-7H,1H3,(H,11,12)/q+1;;;;;2*+1;/p+1. The Hall–Kier alpha value is -7.23. The summed E-state index contributed by atoms with van der Waals surface area (Å²) < 4.78 is 148. The first kappa shape index (κ1) is 124. The third-order valence-corrected chi connectivity index (χ3v) is 46.1. The Bertz CT molecular complexity index is 5490. The van der Waals surface area contributed by atoms with E-state index in [0.717, 1.165) is 160 Å². The molecule has 4 saturated heterocycles. The number of hydrogen-bond acceptors (Lipinski definition) is 21. The molecule has 1 saturated carbocycles. The van der Waals surface area contributed by atoms with Gasteiger partial charge in [0.25, 0.3) is 20.0 Å². The fourth-order valence-corrected chi connectivity index (χ4v) is 35.5. The highest BCUT2D eigenvalue weighted by Gasteiger charge is 2.47. The highest BCUT2D eigenvalue weighted by Crippen LogP contribution is 2.35. The summed E-state index contributed by atoms with van der Waals surface area (Å²) >= 11 is 0. The molecule has 1 aromatic heterocycles. The average Bonchev–Trinajstić information content (AvgIpc) is 1.77. The van der Waals surface area contributed by atoms with Crippen molar-refractivity contribution in [3.8, 4) is 17.1 Å². The molecule has 9 N–H and O–H groups in total. The van der Waals surface area contributed by atoms with Gasteiger partial charge in [0.05, 0.1) is 32.8 Å². The molecule has 0 amide bonds. The summed E-state index contributed by atoms with van der Waals surface area (Å²) in [5.74, 6) is 14.8. The zero-order chi connectivity index (χ0) is 105. The predicted octanol–water partition coefficient (Wildman–Crippen LogP) is 20.5. The number of sulfonamides is 6. The number of benzene rings is 7. The monoisotopic (exact) mass is 2160 g/mol. The van der Waals surface area contributed by atoms with E-state index >= 15 is 0 Å². The van der Waals surface area contributed by atoms with Crippen LogP contribution in [0.1, 0.15) is 305 Å². The molecular weight excluding hydrogens is 2000 g/mol. The van der Waals surface area contributed by atoms with Crippen LogP contribution in [0.15, 0.2) is 204 Å². The maximum atomic E-state index is 12.9. The number of carbonyl (C=O) groups excluding carboxylic acids is 4. The lowest BCUT2D eigenvalue weighted by Crippen LogP contribution is -2.41. The SMILES string of the molecule is CC(C)(C(=O)c1ccc(C2CCCCC2)cc1)[S+]1CCCC1.CCCCCCCCS(=O)(=O)NS(=O)(=O)CCCCN(C)C.CCCCCCCCS(=O)(=O)NS(=O)(=O)c1ccc(N)cc1.CCCCCCCCS(=O)(=O)NS(=O)(=O)c1ccc(N)cc1.Cc1ccc(-c2ncc[nH]2)cc1.O=C(C[S+]1CCCC1)c1ccc(O)cc1.O=C(C[S+]1CCCC1)c1ccccc1.O=C(C[S+]1CCCC1)c1ccccc1. The molecule has 143 heavy (non-hydrogen) atoms. The number of Topliss-reactive ketones (excluding diaryl/α,β-unsaturated/α-hetero) is 4. The second-order valence-electron chi connectivity index (χ2n) is 37.9. The number of aromatic amines is 1. The minimum absolute atomic E-state index is 0.115. The molecule has 4 aliphatic heterocycles. The molecular formula is C108H164N8O17S10+4. The van der Waals surface area contributed by atoms with Gasteiger partial charge in [0.15, 0.2) is 22.0 Å². The van der Waals surface area contributed by atoms with Crippen LogP contribution >= 0.6 is 0 Å². The number of hydrogen-bond donors (Lipinski definition) is 7. The van der Waals surface area contributed by atoms with E-state index in [-0.39, 0.29) is 60.0 Å². The second-order valence-corrected chi connectivity index (χ2v) is 59.2. The van der Waals surface area contributed by atoms with E-state index in [1.54, 1.807) is 38.7 Å². The molecule has 13 rings (SSSR count). The number of nitrogens with two attached hydrogens (primary N) is 2. The number of imidazole rings is 1. The van der Waals surface area contributed by atoms with Gasteiger partial charge in [-0.3, -0.25) is 19.2 Å². The van der Waals surface area contributed by atoms with Gasteiger partial charge < -0.3 is 26.5 Å². The molecule has 794 valence electrons. The Morgan fingerprint density at radius 2 is 0.734 bits per heavy atom. The molecule has 0 atom stereocenters. The van der Waals surface area contributed by atoms with Crippen molar-refractivity contribution in [3.05, 3.63) is 228 Å². The number of nitrogen functional groups attached to an aromatic ring is 2. The van der Waals surface area contributed by atoms with Gasteiger partial charge in [-0.15, -0.1) is 12.4 Å². The number of ketones is 4. The predicted molar refractivity (Wildman–Crippen MR) is 602 cm³/mol. The topological polar surface area (TPSA) is 413 Å². The van der Waals surface area contributed by atoms with E-state index in [2.05, 4.69) is 100 Å². The number of aromatic hydroxyl groups is 1. The van der Waals surface area contributed by atoms with Crippen molar-refractivity contribution in [3.63, 3.8) is 0 Å². The Balaban J connectivity index is 0.000000252. The van der Waals surface area contributed by atoms with Gasteiger partial charge in [0.1, 0.15) is 57.6 Å². The summed E-state index contributed by atoms with van der Waals surface area (Å²) in [6, 6.07) is 53.5. The summed E-state index contributed by atoms with van der Waals surface area (Å²) in [5, 5.41) is 9.11. The normalized spacial score (nSPS) is 15.0. The maximum absolute atomic E-state index is 12.9. The fourth-order valence-electron chi connectivity index (χ4n) is 16.4. The Morgan fingerprint density at radius 3 is 1.09 bits per heavy atom. The highest BCUT2D eigenvalue weighted by atomic mass is 32.3. The van der Waals surface area contributed by atoms with Crippen molar-refractivity contribution in [1.29, 1.82) is 0 Å². The number of aryl methyl sites for hydroxylation is 1. The zero-order valence-corrected chi connectivity index (χ0v) is 94.0. The third kappa shape index (κ3) is 51.5. The molecule has 0 radical (unpaired) electrons. The van der Waals surface area contributed by atoms with Crippen LogP contribution in [-0.2, 0) is 104 Å². The van der Waals surface area contributed by atoms with Crippen molar-refractivity contribution in [1.82, 2.24) is 27.3 Å². The first-order valence-electron chi connectivity index (χ1n) is 51.1. The Labute approximate surface area is 870 Å². The third-order valence-electron chi connectivity index (χ3n) is 24.8. The van der Waals surface area contributed by atoms with E-state index in [0.29, 0.717) is 92.8 Å². The number of anilines is 2. The number of phenolic OH excluding ortho intramolecular Hbond substituents is 1. The number of phenols is 1. The first-order valence-corrected chi connectivity index (χ1v) is 67.4. The highest BCUT2D eigenvalue weighted by molar-refractivity contribution is 8.05. The largest absolute Gasteiger partial charge is 0.508 e. The smallest absolute Gasteiger partial charge is 0.253 e. The van der Waals surface area contributed by atoms with E-state index in [4.69, 9.17) is 16.6 Å². The van der Waals surface area contributed by atoms with E-state index in [9.17, 15) is 69.7 Å². The number of nitrogens with zero attached hydrogens (tertiary/aromatic N) is 2. The lowest BCUT2D eigenvalue weighted by atomic mass is 9.83. The van der Waals surface area contributed by atoms with Gasteiger partial charge in [-0.2, -0.15) is 0 Å². The van der Waals surface area contributed by atoms with Crippen molar-refractivity contribution in [2.45, 2.75) is 274 Å². The van der Waals surface area contributed by atoms with Gasteiger partial charge in [0.2, 0.25) is 63.2 Å². The lowest BCUT2D eigenvalue weighted by Gasteiger charge is -2.23. The van der Waals surface area contributed by atoms with E-state index in [1.807, 2.05) is 90.0 Å². The van der Waals surface area contributed by atoms with E-state index in [1.165, 1.54) is 189 Å². The zero-order valence-electron chi connectivity index (χ0n) is 85.8. The molecule has 0 bridgehead atoms. The van der Waals surface area contributed by atoms with Gasteiger partial charge in [-0.05, 0) is 255 Å². The summed E-state index contributed by atoms with van der Waals surface area (Å²) in [5.41, 5.74) is 19.0. The minimum atomic E-state index is -4.08. The first-order chi connectivity index (χ1) is 68.1. The summed E-state index contributed by atoms with van der Waals surface area (Å²) in [6.45, 7) is 13.5. The summed E-state index contributed by atoms with van der Waals surface area (Å²) in [7, 11) is -18.1. The number of carbonyl (C=O) groups is 4. The molecule has 5 aliphatic rings.